The minimum absolute atomic E-state index is 0.00960. The highest BCUT2D eigenvalue weighted by atomic mass is 16.5. The third-order valence-corrected chi connectivity index (χ3v) is 8.72. The van der Waals surface area contributed by atoms with Crippen molar-refractivity contribution in [2.75, 3.05) is 39.4 Å². The van der Waals surface area contributed by atoms with Crippen LogP contribution in [0.15, 0.2) is 54.6 Å². The van der Waals surface area contributed by atoms with Crippen molar-refractivity contribution < 1.29 is 38.6 Å². The predicted octanol–water partition coefficient (Wildman–Crippen LogP) is -1.03. The monoisotopic (exact) mass is 707 g/mol. The summed E-state index contributed by atoms with van der Waals surface area (Å²) in [5, 5.41) is 23.8. The SMILES string of the molecule is CC(C)(C)[C@@H]1NC(=O)COCCNC(=O)[C@@H](CN)NC(=O)CNC(=O)C[C@@H](Cc2ccc(-c3ccccc3)cc2)NC(=O)[C@@H]2C[C@@H](O)CN2C1=O. The van der Waals surface area contributed by atoms with Crippen LogP contribution in [-0.4, -0.2) is 115 Å². The lowest BCUT2D eigenvalue weighted by Gasteiger charge is -2.35. The highest BCUT2D eigenvalue weighted by molar-refractivity contribution is 5.94. The van der Waals surface area contributed by atoms with E-state index in [0.29, 0.717) is 0 Å². The van der Waals surface area contributed by atoms with E-state index < -0.39 is 84.3 Å². The maximum atomic E-state index is 14.0. The molecule has 8 N–H and O–H groups in total. The molecular weight excluding hydrogens is 658 g/mol. The minimum Gasteiger partial charge on any atom is -0.391 e. The predicted molar refractivity (Wildman–Crippen MR) is 187 cm³/mol. The standard InChI is InChI=1S/C36H49N7O8/c1-36(2,3)32-35(50)43-20-26(44)17-28(43)34(49)40-25(15-22-9-11-24(12-10-22)23-7-5-4-6-8-23)16-29(45)39-19-30(46)41-27(18-37)33(48)38-13-14-51-21-31(47)42-32/h4-12,25-28,32,44H,13-21,37H2,1-3H3,(H,38,48)(H,39,45)(H,40,49)(H,41,46)(H,42,47)/t25-,26-,27-,28+,32-/m1/s1. The fraction of sp³-hybridized carbons (Fsp3) is 0.500. The molecule has 2 fully saturated rings. The van der Waals surface area contributed by atoms with Crippen LogP contribution in [0, 0.1) is 5.41 Å². The fourth-order valence-corrected chi connectivity index (χ4v) is 6.03. The van der Waals surface area contributed by atoms with Crippen LogP contribution < -0.4 is 32.3 Å². The average Bonchev–Trinajstić information content (AvgIpc) is 3.49. The number of fused-ring (bicyclic) bond motifs is 1. The number of hydrogen-bond donors (Lipinski definition) is 7. The molecule has 2 saturated heterocycles. The molecule has 6 amide bonds. The number of rotatable bonds is 4. The molecule has 2 aliphatic rings. The van der Waals surface area contributed by atoms with Crippen LogP contribution in [0.5, 0.6) is 0 Å². The molecule has 15 heteroatoms. The van der Waals surface area contributed by atoms with E-state index in [4.69, 9.17) is 10.5 Å². The molecule has 276 valence electrons. The Bertz CT molecular complexity index is 1550. The van der Waals surface area contributed by atoms with Crippen molar-refractivity contribution in [2.45, 2.75) is 70.3 Å². The zero-order chi connectivity index (χ0) is 37.1. The molecule has 15 nitrogen and oxygen atoms in total. The summed E-state index contributed by atoms with van der Waals surface area (Å²) in [6.45, 7) is 4.07. The van der Waals surface area contributed by atoms with Gasteiger partial charge in [-0.2, -0.15) is 0 Å². The molecule has 0 aliphatic carbocycles. The Morgan fingerprint density at radius 2 is 1.53 bits per heavy atom. The van der Waals surface area contributed by atoms with Crippen LogP contribution >= 0.6 is 0 Å². The third-order valence-electron chi connectivity index (χ3n) is 8.72. The summed E-state index contributed by atoms with van der Waals surface area (Å²) in [4.78, 5) is 80.4. The summed E-state index contributed by atoms with van der Waals surface area (Å²) in [7, 11) is 0. The van der Waals surface area contributed by atoms with Crippen molar-refractivity contribution >= 4 is 35.4 Å². The summed E-state index contributed by atoms with van der Waals surface area (Å²) < 4.78 is 5.39. The van der Waals surface area contributed by atoms with E-state index in [2.05, 4.69) is 26.6 Å². The molecule has 2 aliphatic heterocycles. The molecule has 2 aromatic carbocycles. The van der Waals surface area contributed by atoms with E-state index in [0.717, 1.165) is 16.7 Å². The van der Waals surface area contributed by atoms with Gasteiger partial charge in [0.05, 0.1) is 19.3 Å². The summed E-state index contributed by atoms with van der Waals surface area (Å²) >= 11 is 0. The van der Waals surface area contributed by atoms with Gasteiger partial charge in [0.15, 0.2) is 0 Å². The van der Waals surface area contributed by atoms with Crippen LogP contribution in [0.2, 0.25) is 0 Å². The topological polar surface area (TPSA) is 221 Å². The summed E-state index contributed by atoms with van der Waals surface area (Å²) in [5.41, 5.74) is 7.75. The van der Waals surface area contributed by atoms with Gasteiger partial charge in [0, 0.05) is 38.5 Å². The van der Waals surface area contributed by atoms with Gasteiger partial charge in [-0.15, -0.1) is 0 Å². The third kappa shape index (κ3) is 11.3. The van der Waals surface area contributed by atoms with E-state index in [1.807, 2.05) is 54.6 Å². The summed E-state index contributed by atoms with van der Waals surface area (Å²) in [6.07, 6.45) is -1.01. The van der Waals surface area contributed by atoms with Crippen molar-refractivity contribution in [1.82, 2.24) is 31.5 Å². The highest BCUT2D eigenvalue weighted by Gasteiger charge is 2.45. The Hall–Kier alpha value is -4.86. The van der Waals surface area contributed by atoms with Crippen LogP contribution in [0.4, 0.5) is 0 Å². The van der Waals surface area contributed by atoms with E-state index in [1.54, 1.807) is 20.8 Å². The fourth-order valence-electron chi connectivity index (χ4n) is 6.03. The maximum absolute atomic E-state index is 14.0. The average molecular weight is 708 g/mol. The van der Waals surface area contributed by atoms with Crippen molar-refractivity contribution in [3.05, 3.63) is 60.2 Å². The quantitative estimate of drug-likeness (QED) is 0.206. The van der Waals surface area contributed by atoms with Gasteiger partial charge < -0.3 is 47.1 Å². The molecule has 4 rings (SSSR count). The lowest BCUT2D eigenvalue weighted by Crippen LogP contribution is -2.59. The number of hydrogen-bond acceptors (Lipinski definition) is 9. The Kier molecular flexibility index (Phi) is 13.6. The van der Waals surface area contributed by atoms with Gasteiger partial charge in [0.25, 0.3) is 0 Å². The van der Waals surface area contributed by atoms with Crippen LogP contribution in [-0.2, 0) is 39.9 Å². The first-order chi connectivity index (χ1) is 24.2. The molecule has 0 unspecified atom stereocenters. The van der Waals surface area contributed by atoms with Crippen LogP contribution in [0.3, 0.4) is 0 Å². The zero-order valence-corrected chi connectivity index (χ0v) is 29.3. The number of nitrogens with two attached hydrogens (primary N) is 1. The molecule has 0 spiro atoms. The smallest absolute Gasteiger partial charge is 0.246 e. The number of carbonyl (C=O) groups is 6. The van der Waals surface area contributed by atoms with Gasteiger partial charge in [-0.1, -0.05) is 75.4 Å². The van der Waals surface area contributed by atoms with Gasteiger partial charge >= 0.3 is 0 Å². The second kappa shape index (κ2) is 17.9. The molecule has 0 aromatic heterocycles. The minimum atomic E-state index is -1.08. The summed E-state index contributed by atoms with van der Waals surface area (Å²) in [5.74, 6) is -3.48. The number of aliphatic hydroxyl groups excluding tert-OH is 1. The molecule has 2 heterocycles. The Morgan fingerprint density at radius 1 is 0.843 bits per heavy atom. The normalized spacial score (nSPS) is 25.3. The van der Waals surface area contributed by atoms with Crippen molar-refractivity contribution in [3.63, 3.8) is 0 Å². The maximum Gasteiger partial charge on any atom is 0.246 e. The molecule has 0 saturated carbocycles. The first-order valence-electron chi connectivity index (χ1n) is 17.1. The zero-order valence-electron chi connectivity index (χ0n) is 29.3. The number of aliphatic hydroxyl groups is 1. The van der Waals surface area contributed by atoms with Gasteiger partial charge in [0.2, 0.25) is 35.4 Å². The Morgan fingerprint density at radius 3 is 2.20 bits per heavy atom. The molecule has 0 radical (unpaired) electrons. The molecular formula is C36H49N7O8. The van der Waals surface area contributed by atoms with Gasteiger partial charge in [0.1, 0.15) is 24.7 Å². The second-order valence-electron chi connectivity index (χ2n) is 13.9. The van der Waals surface area contributed by atoms with E-state index in [9.17, 15) is 33.9 Å². The number of benzene rings is 2. The lowest BCUT2D eigenvalue weighted by atomic mass is 9.85. The first-order valence-corrected chi connectivity index (χ1v) is 17.1. The van der Waals surface area contributed by atoms with Crippen molar-refractivity contribution in [2.24, 2.45) is 11.1 Å². The molecule has 2 aromatic rings. The van der Waals surface area contributed by atoms with Gasteiger partial charge in [-0.05, 0) is 28.5 Å². The number of amides is 6. The van der Waals surface area contributed by atoms with Crippen LogP contribution in [0.25, 0.3) is 11.1 Å². The van der Waals surface area contributed by atoms with E-state index in [1.165, 1.54) is 4.90 Å². The number of ether oxygens (including phenoxy) is 1. The molecule has 5 atom stereocenters. The van der Waals surface area contributed by atoms with Crippen molar-refractivity contribution in [1.29, 1.82) is 0 Å². The second-order valence-corrected chi connectivity index (χ2v) is 13.9. The van der Waals surface area contributed by atoms with Crippen molar-refractivity contribution in [3.8, 4) is 11.1 Å². The largest absolute Gasteiger partial charge is 0.391 e. The number of nitrogens with one attached hydrogen (secondary N) is 5. The Balaban J connectivity index is 1.59. The van der Waals surface area contributed by atoms with E-state index >= 15 is 0 Å². The Labute approximate surface area is 297 Å². The number of nitrogens with zero attached hydrogens (tertiary/aromatic N) is 1. The van der Waals surface area contributed by atoms with Crippen LogP contribution in [0.1, 0.15) is 39.2 Å². The van der Waals surface area contributed by atoms with Gasteiger partial charge in [-0.3, -0.25) is 28.8 Å². The van der Waals surface area contributed by atoms with Gasteiger partial charge in [-0.25, -0.2) is 0 Å². The first kappa shape index (κ1) is 38.9. The molecule has 0 bridgehead atoms. The highest BCUT2D eigenvalue weighted by Crippen LogP contribution is 2.27. The lowest BCUT2D eigenvalue weighted by molar-refractivity contribution is -0.144. The number of carbonyl (C=O) groups excluding carboxylic acids is 6. The van der Waals surface area contributed by atoms with E-state index in [-0.39, 0.29) is 45.5 Å². The molecule has 51 heavy (non-hydrogen) atoms. The summed E-state index contributed by atoms with van der Waals surface area (Å²) in [6, 6.07) is 13.5.